The third-order valence-electron chi connectivity index (χ3n) is 3.35. The largest absolute Gasteiger partial charge is 0.340 e. The van der Waals surface area contributed by atoms with Crippen LogP contribution in [0.1, 0.15) is 32.2 Å². The Hall–Kier alpha value is -1.43. The van der Waals surface area contributed by atoms with Crippen molar-refractivity contribution in [3.63, 3.8) is 0 Å². The van der Waals surface area contributed by atoms with Gasteiger partial charge in [0.1, 0.15) is 11.6 Å². The fraction of sp³-hybridized carbons (Fsp3) is 0.615. The van der Waals surface area contributed by atoms with E-state index in [0.717, 1.165) is 5.01 Å². The number of hydrogen-bond donors (Lipinski definition) is 1. The van der Waals surface area contributed by atoms with Gasteiger partial charge >= 0.3 is 0 Å². The fourth-order valence-electron chi connectivity index (χ4n) is 2.34. The number of nitrogens with zero attached hydrogens (tertiary/aromatic N) is 2. The van der Waals surface area contributed by atoms with E-state index in [1.807, 2.05) is 12.3 Å². The van der Waals surface area contributed by atoms with Crippen LogP contribution < -0.4 is 5.32 Å². The van der Waals surface area contributed by atoms with Crippen molar-refractivity contribution in [1.82, 2.24) is 15.2 Å². The molecule has 1 fully saturated rings. The van der Waals surface area contributed by atoms with Crippen molar-refractivity contribution in [1.29, 1.82) is 0 Å². The van der Waals surface area contributed by atoms with Crippen LogP contribution in [0.15, 0.2) is 11.6 Å². The highest BCUT2D eigenvalue weighted by molar-refractivity contribution is 7.09. The zero-order chi connectivity index (χ0) is 14.0. The molecule has 19 heavy (non-hydrogen) atoms. The lowest BCUT2D eigenvalue weighted by atomic mass is 9.95. The molecule has 0 radical (unpaired) electrons. The fourth-order valence-corrected chi connectivity index (χ4v) is 2.95. The molecule has 0 bridgehead atoms. The molecule has 1 aliphatic rings. The zero-order valence-electron chi connectivity index (χ0n) is 11.5. The molecular weight excluding hydrogens is 262 g/mol. The lowest BCUT2D eigenvalue weighted by Gasteiger charge is -2.42. The smallest absolute Gasteiger partial charge is 0.248 e. The summed E-state index contributed by atoms with van der Waals surface area (Å²) in [5.74, 6) is -0.0817. The molecule has 0 spiro atoms. The van der Waals surface area contributed by atoms with Crippen molar-refractivity contribution >= 4 is 23.2 Å². The Morgan fingerprint density at radius 2 is 2.21 bits per heavy atom. The molecule has 0 aromatic carbocycles. The number of carbonyl (C=O) groups is 2. The second-order valence-corrected chi connectivity index (χ2v) is 6.19. The van der Waals surface area contributed by atoms with Gasteiger partial charge in [-0.3, -0.25) is 9.59 Å². The monoisotopic (exact) mass is 281 g/mol. The lowest BCUT2D eigenvalue weighted by Crippen LogP contribution is -2.68. The summed E-state index contributed by atoms with van der Waals surface area (Å²) in [7, 11) is 0. The van der Waals surface area contributed by atoms with Gasteiger partial charge in [0, 0.05) is 24.5 Å². The number of carbonyl (C=O) groups excluding carboxylic acids is 2. The first-order chi connectivity index (χ1) is 8.95. The van der Waals surface area contributed by atoms with E-state index in [0.29, 0.717) is 19.4 Å². The minimum Gasteiger partial charge on any atom is -0.340 e. The molecular formula is C13H19N3O2S. The zero-order valence-corrected chi connectivity index (χ0v) is 12.3. The topological polar surface area (TPSA) is 62.3 Å². The predicted molar refractivity (Wildman–Crippen MR) is 73.8 cm³/mol. The van der Waals surface area contributed by atoms with Gasteiger partial charge in [0.25, 0.3) is 0 Å². The minimum absolute atomic E-state index is 0.0180. The highest BCUT2D eigenvalue weighted by atomic mass is 32.1. The third kappa shape index (κ3) is 2.78. The summed E-state index contributed by atoms with van der Waals surface area (Å²) in [6.07, 6.45) is 3.08. The van der Waals surface area contributed by atoms with E-state index in [4.69, 9.17) is 0 Å². The summed E-state index contributed by atoms with van der Waals surface area (Å²) >= 11 is 1.57. The van der Waals surface area contributed by atoms with Crippen molar-refractivity contribution < 1.29 is 9.59 Å². The van der Waals surface area contributed by atoms with Gasteiger partial charge in [-0.15, -0.1) is 11.3 Å². The molecule has 0 saturated carbocycles. The number of nitrogens with one attached hydrogen (secondary N) is 1. The van der Waals surface area contributed by atoms with Gasteiger partial charge < -0.3 is 10.2 Å². The predicted octanol–water partition coefficient (Wildman–Crippen LogP) is 1.20. The van der Waals surface area contributed by atoms with E-state index in [1.54, 1.807) is 36.3 Å². The second kappa shape index (κ2) is 5.28. The Balaban J connectivity index is 2.13. The van der Waals surface area contributed by atoms with Gasteiger partial charge in [0.2, 0.25) is 11.8 Å². The van der Waals surface area contributed by atoms with E-state index < -0.39 is 5.54 Å². The van der Waals surface area contributed by atoms with Crippen LogP contribution in [0.5, 0.6) is 0 Å². The van der Waals surface area contributed by atoms with Gasteiger partial charge in [-0.05, 0) is 20.3 Å². The molecule has 1 N–H and O–H groups in total. The lowest BCUT2D eigenvalue weighted by molar-refractivity contribution is -0.153. The van der Waals surface area contributed by atoms with Crippen LogP contribution >= 0.6 is 11.3 Å². The van der Waals surface area contributed by atoms with E-state index in [9.17, 15) is 9.59 Å². The number of hydrogen-bond acceptors (Lipinski definition) is 4. The first kappa shape index (κ1) is 14.0. The number of rotatable bonds is 4. The molecule has 6 heteroatoms. The van der Waals surface area contributed by atoms with Crippen molar-refractivity contribution in [3.05, 3.63) is 16.6 Å². The molecule has 1 atom stereocenters. The van der Waals surface area contributed by atoms with Crippen molar-refractivity contribution in [2.75, 3.05) is 6.54 Å². The maximum Gasteiger partial charge on any atom is 0.248 e. The number of aromatic nitrogens is 1. The average Bonchev–Trinajstić information content (AvgIpc) is 2.84. The summed E-state index contributed by atoms with van der Waals surface area (Å²) in [4.78, 5) is 30.4. The summed E-state index contributed by atoms with van der Waals surface area (Å²) < 4.78 is 0. The average molecular weight is 281 g/mol. The van der Waals surface area contributed by atoms with Crippen LogP contribution in [0.2, 0.25) is 0 Å². The van der Waals surface area contributed by atoms with Crippen LogP contribution in [0.3, 0.4) is 0 Å². The number of piperazine rings is 1. The molecule has 1 aromatic heterocycles. The first-order valence-corrected chi connectivity index (χ1v) is 7.35. The molecule has 1 aromatic rings. The van der Waals surface area contributed by atoms with E-state index >= 15 is 0 Å². The maximum atomic E-state index is 12.4. The molecule has 5 nitrogen and oxygen atoms in total. The van der Waals surface area contributed by atoms with E-state index in [-0.39, 0.29) is 17.9 Å². The van der Waals surface area contributed by atoms with Gasteiger partial charge in [-0.25, -0.2) is 4.98 Å². The Labute approximate surface area is 117 Å². The second-order valence-electron chi connectivity index (χ2n) is 5.21. The molecule has 2 amide bonds. The minimum atomic E-state index is -0.814. The Morgan fingerprint density at radius 3 is 2.79 bits per heavy atom. The summed E-state index contributed by atoms with van der Waals surface area (Å²) in [6.45, 7) is 5.96. The van der Waals surface area contributed by atoms with Gasteiger partial charge in [0.15, 0.2) is 0 Å². The van der Waals surface area contributed by atoms with Crippen LogP contribution in [0, 0.1) is 0 Å². The molecule has 2 rings (SSSR count). The highest BCUT2D eigenvalue weighted by Crippen LogP contribution is 2.20. The maximum absolute atomic E-state index is 12.4. The Kier molecular flexibility index (Phi) is 3.89. The SMILES string of the molecule is CCC1C(=O)NC(C)(C)C(=O)N1CCc1nccs1. The summed E-state index contributed by atoms with van der Waals surface area (Å²) in [5.41, 5.74) is -0.814. The quantitative estimate of drug-likeness (QED) is 0.902. The van der Waals surface area contributed by atoms with E-state index in [2.05, 4.69) is 10.3 Å². The molecule has 2 heterocycles. The number of thiazole rings is 1. The van der Waals surface area contributed by atoms with E-state index in [1.165, 1.54) is 0 Å². The Bertz CT molecular complexity index is 470. The first-order valence-electron chi connectivity index (χ1n) is 6.47. The molecule has 1 unspecified atom stereocenters. The summed E-state index contributed by atoms with van der Waals surface area (Å²) in [5, 5.41) is 5.70. The van der Waals surface area contributed by atoms with Gasteiger partial charge in [0.05, 0.1) is 5.01 Å². The van der Waals surface area contributed by atoms with Crippen molar-refractivity contribution in [2.24, 2.45) is 0 Å². The standard InChI is InChI=1S/C13H19N3O2S/c1-4-9-11(17)15-13(2,3)12(18)16(9)7-5-10-14-6-8-19-10/h6,8-9H,4-5,7H2,1-3H3,(H,15,17). The van der Waals surface area contributed by atoms with Crippen LogP contribution in [0.4, 0.5) is 0 Å². The van der Waals surface area contributed by atoms with Crippen molar-refractivity contribution in [3.8, 4) is 0 Å². The normalized spacial score (nSPS) is 22.5. The summed E-state index contributed by atoms with van der Waals surface area (Å²) in [6, 6.07) is -0.361. The van der Waals surface area contributed by atoms with Gasteiger partial charge in [-0.1, -0.05) is 6.92 Å². The van der Waals surface area contributed by atoms with Crippen LogP contribution in [0.25, 0.3) is 0 Å². The van der Waals surface area contributed by atoms with Gasteiger partial charge in [-0.2, -0.15) is 0 Å². The van der Waals surface area contributed by atoms with Crippen LogP contribution in [-0.2, 0) is 16.0 Å². The molecule has 104 valence electrons. The highest BCUT2D eigenvalue weighted by Gasteiger charge is 2.44. The molecule has 1 saturated heterocycles. The molecule has 1 aliphatic heterocycles. The Morgan fingerprint density at radius 1 is 1.47 bits per heavy atom. The number of amides is 2. The van der Waals surface area contributed by atoms with Crippen molar-refractivity contribution in [2.45, 2.75) is 45.2 Å². The third-order valence-corrected chi connectivity index (χ3v) is 4.19. The van der Waals surface area contributed by atoms with Crippen LogP contribution in [-0.4, -0.2) is 39.8 Å². The molecule has 0 aliphatic carbocycles.